The highest BCUT2D eigenvalue weighted by Gasteiger charge is 2.18. The second-order valence-corrected chi connectivity index (χ2v) is 4.86. The van der Waals surface area contributed by atoms with Gasteiger partial charge >= 0.3 is 0 Å². The van der Waals surface area contributed by atoms with Crippen molar-refractivity contribution in [1.29, 1.82) is 0 Å². The topological polar surface area (TPSA) is 84.2 Å². The Bertz CT molecular complexity index is 740. The Morgan fingerprint density at radius 3 is 2.81 bits per heavy atom. The summed E-state index contributed by atoms with van der Waals surface area (Å²) in [6.45, 7) is 3.43. The largest absolute Gasteiger partial charge is 0.395 e. The molecule has 0 unspecified atom stereocenters. The third kappa shape index (κ3) is 2.92. The van der Waals surface area contributed by atoms with Crippen LogP contribution in [-0.4, -0.2) is 33.9 Å². The molecule has 0 fully saturated rings. The van der Waals surface area contributed by atoms with Gasteiger partial charge in [0.1, 0.15) is 5.82 Å². The summed E-state index contributed by atoms with van der Waals surface area (Å²) in [6.07, 6.45) is 0. The van der Waals surface area contributed by atoms with E-state index in [9.17, 15) is 14.0 Å². The molecule has 2 N–H and O–H groups in total. The first-order valence-electron chi connectivity index (χ1n) is 6.57. The zero-order valence-electron chi connectivity index (χ0n) is 11.8. The van der Waals surface area contributed by atoms with Crippen LogP contribution >= 0.6 is 0 Å². The summed E-state index contributed by atoms with van der Waals surface area (Å²) in [5, 5.41) is 15.4. The van der Waals surface area contributed by atoms with Gasteiger partial charge in [-0.1, -0.05) is 0 Å². The van der Waals surface area contributed by atoms with Gasteiger partial charge in [-0.25, -0.2) is 4.39 Å². The molecule has 0 aliphatic rings. The lowest BCUT2D eigenvalue weighted by Crippen LogP contribution is -2.33. The maximum atomic E-state index is 13.4. The molecule has 0 atom stereocenters. The molecular weight excluding hydrogens is 277 g/mol. The fourth-order valence-corrected chi connectivity index (χ4v) is 2.02. The van der Waals surface area contributed by atoms with Crippen molar-refractivity contribution in [3.8, 4) is 0 Å². The molecule has 1 amide bonds. The summed E-state index contributed by atoms with van der Waals surface area (Å²) in [6, 6.07) is 3.58. The number of rotatable bonds is 4. The second-order valence-electron chi connectivity index (χ2n) is 4.86. The number of aliphatic hydroxyl groups is 1. The van der Waals surface area contributed by atoms with E-state index >= 15 is 0 Å². The van der Waals surface area contributed by atoms with Gasteiger partial charge in [0.25, 0.3) is 5.91 Å². The fraction of sp³-hybridized carbons (Fsp3) is 0.357. The second kappa shape index (κ2) is 6.01. The van der Waals surface area contributed by atoms with Crippen LogP contribution in [-0.2, 0) is 0 Å². The van der Waals surface area contributed by atoms with Gasteiger partial charge in [0.2, 0.25) is 5.43 Å². The van der Waals surface area contributed by atoms with Crippen molar-refractivity contribution in [3.05, 3.63) is 39.9 Å². The number of nitrogens with zero attached hydrogens (tertiary/aromatic N) is 2. The average molecular weight is 293 g/mol. The third-order valence-electron chi connectivity index (χ3n) is 2.98. The molecule has 7 heteroatoms. The number of hydrogen-bond donors (Lipinski definition) is 2. The number of fused-ring (bicyclic) bond motifs is 1. The molecule has 0 bridgehead atoms. The van der Waals surface area contributed by atoms with Crippen molar-refractivity contribution < 1.29 is 14.3 Å². The number of nitrogens with one attached hydrogen (secondary N) is 1. The van der Waals surface area contributed by atoms with Crippen LogP contribution in [0, 0.1) is 5.82 Å². The van der Waals surface area contributed by atoms with Crippen LogP contribution in [0.15, 0.2) is 23.0 Å². The van der Waals surface area contributed by atoms with Gasteiger partial charge in [-0.05, 0) is 32.0 Å². The van der Waals surface area contributed by atoms with Gasteiger partial charge in [0.15, 0.2) is 5.69 Å². The standard InChI is InChI=1S/C14H16FN3O3/c1-8(2)18-11-7-9(15)3-4-10(11)13(20)12(17-18)14(21)16-5-6-19/h3-4,7-8,19H,5-6H2,1-2H3,(H,16,21). The molecule has 0 saturated heterocycles. The molecular formula is C14H16FN3O3. The number of carbonyl (C=O) groups is 1. The lowest BCUT2D eigenvalue weighted by molar-refractivity contribution is 0.0936. The molecule has 0 radical (unpaired) electrons. The lowest BCUT2D eigenvalue weighted by atomic mass is 10.1. The van der Waals surface area contributed by atoms with Gasteiger partial charge in [0, 0.05) is 18.0 Å². The van der Waals surface area contributed by atoms with Crippen molar-refractivity contribution >= 4 is 16.8 Å². The quantitative estimate of drug-likeness (QED) is 0.875. The number of benzene rings is 1. The molecule has 0 aliphatic carbocycles. The smallest absolute Gasteiger partial charge is 0.275 e. The molecule has 0 spiro atoms. The Kier molecular flexibility index (Phi) is 4.32. The minimum atomic E-state index is -0.658. The van der Waals surface area contributed by atoms with Crippen LogP contribution in [0.4, 0.5) is 4.39 Å². The first-order valence-corrected chi connectivity index (χ1v) is 6.57. The number of carbonyl (C=O) groups excluding carboxylic acids is 1. The molecule has 1 aromatic heterocycles. The normalized spacial score (nSPS) is 11.1. The first-order chi connectivity index (χ1) is 9.95. The van der Waals surface area contributed by atoms with Crippen molar-refractivity contribution in [3.63, 3.8) is 0 Å². The van der Waals surface area contributed by atoms with Crippen molar-refractivity contribution in [2.45, 2.75) is 19.9 Å². The van der Waals surface area contributed by atoms with E-state index < -0.39 is 17.2 Å². The monoisotopic (exact) mass is 293 g/mol. The van der Waals surface area contributed by atoms with Crippen LogP contribution in [0.5, 0.6) is 0 Å². The summed E-state index contributed by atoms with van der Waals surface area (Å²) in [5.41, 5.74) is -0.484. The minimum Gasteiger partial charge on any atom is -0.395 e. The lowest BCUT2D eigenvalue weighted by Gasteiger charge is -2.15. The van der Waals surface area contributed by atoms with E-state index in [4.69, 9.17) is 5.11 Å². The van der Waals surface area contributed by atoms with Crippen LogP contribution in [0.2, 0.25) is 0 Å². The van der Waals surface area contributed by atoms with Crippen LogP contribution in [0.25, 0.3) is 10.9 Å². The predicted molar refractivity (Wildman–Crippen MR) is 75.8 cm³/mol. The minimum absolute atomic E-state index is 0.0308. The summed E-state index contributed by atoms with van der Waals surface area (Å²) < 4.78 is 14.8. The SMILES string of the molecule is CC(C)n1nc(C(=O)NCCO)c(=O)c2ccc(F)cc21. The third-order valence-corrected chi connectivity index (χ3v) is 2.98. The van der Waals surface area contributed by atoms with E-state index in [2.05, 4.69) is 10.4 Å². The van der Waals surface area contributed by atoms with Crippen molar-refractivity contribution in [2.24, 2.45) is 0 Å². The van der Waals surface area contributed by atoms with E-state index in [1.54, 1.807) is 0 Å². The van der Waals surface area contributed by atoms with E-state index in [1.807, 2.05) is 13.8 Å². The summed E-state index contributed by atoms with van der Waals surface area (Å²) in [4.78, 5) is 24.2. The Labute approximate surface area is 120 Å². The Hall–Kier alpha value is -2.28. The van der Waals surface area contributed by atoms with Gasteiger partial charge < -0.3 is 10.4 Å². The highest BCUT2D eigenvalue weighted by atomic mass is 19.1. The molecule has 2 aromatic rings. The average Bonchev–Trinajstić information content (AvgIpc) is 2.44. The maximum absolute atomic E-state index is 13.4. The van der Waals surface area contributed by atoms with Crippen LogP contribution < -0.4 is 10.7 Å². The predicted octanol–water partition coefficient (Wildman–Crippen LogP) is 0.839. The zero-order valence-corrected chi connectivity index (χ0v) is 11.8. The molecule has 6 nitrogen and oxygen atoms in total. The highest BCUT2D eigenvalue weighted by molar-refractivity contribution is 5.95. The van der Waals surface area contributed by atoms with Crippen LogP contribution in [0.1, 0.15) is 30.4 Å². The number of amides is 1. The summed E-state index contributed by atoms with van der Waals surface area (Å²) in [5.74, 6) is -1.13. The number of aromatic nitrogens is 2. The van der Waals surface area contributed by atoms with Crippen molar-refractivity contribution in [1.82, 2.24) is 15.1 Å². The molecule has 112 valence electrons. The molecule has 1 heterocycles. The van der Waals surface area contributed by atoms with E-state index in [0.29, 0.717) is 5.52 Å². The van der Waals surface area contributed by atoms with Gasteiger partial charge in [0.05, 0.1) is 12.1 Å². The molecule has 21 heavy (non-hydrogen) atoms. The van der Waals surface area contributed by atoms with E-state index in [1.165, 1.54) is 22.9 Å². The fourth-order valence-electron chi connectivity index (χ4n) is 2.02. The van der Waals surface area contributed by atoms with Gasteiger partial charge in [-0.2, -0.15) is 5.10 Å². The van der Waals surface area contributed by atoms with E-state index in [-0.39, 0.29) is 30.3 Å². The van der Waals surface area contributed by atoms with Gasteiger partial charge in [-0.15, -0.1) is 0 Å². The summed E-state index contributed by atoms with van der Waals surface area (Å²) >= 11 is 0. The Balaban J connectivity index is 2.69. The zero-order chi connectivity index (χ0) is 15.6. The molecule has 2 rings (SSSR count). The Morgan fingerprint density at radius 1 is 1.48 bits per heavy atom. The van der Waals surface area contributed by atoms with Crippen LogP contribution in [0.3, 0.4) is 0 Å². The molecule has 1 aromatic carbocycles. The maximum Gasteiger partial charge on any atom is 0.275 e. The van der Waals surface area contributed by atoms with Crippen molar-refractivity contribution in [2.75, 3.05) is 13.2 Å². The Morgan fingerprint density at radius 2 is 2.19 bits per heavy atom. The van der Waals surface area contributed by atoms with Gasteiger partial charge in [-0.3, -0.25) is 14.3 Å². The number of halogens is 1. The first kappa shape index (κ1) is 15.1. The van der Waals surface area contributed by atoms with E-state index in [0.717, 1.165) is 0 Å². The summed E-state index contributed by atoms with van der Waals surface area (Å²) in [7, 11) is 0. The molecule has 0 saturated carbocycles. The highest BCUT2D eigenvalue weighted by Crippen LogP contribution is 2.16. The number of aliphatic hydroxyl groups excluding tert-OH is 1. The molecule has 0 aliphatic heterocycles. The number of hydrogen-bond acceptors (Lipinski definition) is 4.